The standard InChI is InChI=1S/C17H14BrF2NO3/c1-23-14-7-2-4-11(16(14)24-17(19)20)8-9-15(22)21-13-6-3-5-12(18)10-13/h2-10,17H,1H3,(H,21,22)/b9-8+. The first-order valence-corrected chi connectivity index (χ1v) is 7.65. The lowest BCUT2D eigenvalue weighted by atomic mass is 10.1. The maximum absolute atomic E-state index is 12.6. The topological polar surface area (TPSA) is 47.6 Å². The number of hydrogen-bond donors (Lipinski definition) is 1. The van der Waals surface area contributed by atoms with Crippen LogP contribution in [0, 0.1) is 0 Å². The molecule has 0 saturated carbocycles. The molecule has 0 saturated heterocycles. The Labute approximate surface area is 146 Å². The molecular weight excluding hydrogens is 384 g/mol. The third-order valence-electron chi connectivity index (χ3n) is 2.94. The largest absolute Gasteiger partial charge is 0.493 e. The molecule has 126 valence electrons. The van der Waals surface area contributed by atoms with E-state index in [0.29, 0.717) is 11.3 Å². The highest BCUT2D eigenvalue weighted by Gasteiger charge is 2.14. The fourth-order valence-corrected chi connectivity index (χ4v) is 2.35. The molecule has 0 spiro atoms. The van der Waals surface area contributed by atoms with Crippen molar-refractivity contribution >= 4 is 33.6 Å². The van der Waals surface area contributed by atoms with Crippen LogP contribution in [0.5, 0.6) is 11.5 Å². The van der Waals surface area contributed by atoms with E-state index in [0.717, 1.165) is 4.47 Å². The van der Waals surface area contributed by atoms with Gasteiger partial charge in [0.05, 0.1) is 7.11 Å². The van der Waals surface area contributed by atoms with Crippen LogP contribution in [0.3, 0.4) is 0 Å². The van der Waals surface area contributed by atoms with Crippen LogP contribution in [-0.2, 0) is 4.79 Å². The zero-order chi connectivity index (χ0) is 17.5. The van der Waals surface area contributed by atoms with Crippen LogP contribution in [0.2, 0.25) is 0 Å². The molecule has 0 aliphatic carbocycles. The highest BCUT2D eigenvalue weighted by molar-refractivity contribution is 9.10. The number of carbonyl (C=O) groups excluding carboxylic acids is 1. The monoisotopic (exact) mass is 397 g/mol. The highest BCUT2D eigenvalue weighted by atomic mass is 79.9. The van der Waals surface area contributed by atoms with Gasteiger partial charge in [0.2, 0.25) is 5.91 Å². The fraction of sp³-hybridized carbons (Fsp3) is 0.118. The van der Waals surface area contributed by atoms with E-state index in [1.165, 1.54) is 25.3 Å². The Morgan fingerprint density at radius 2 is 2.00 bits per heavy atom. The van der Waals surface area contributed by atoms with E-state index in [4.69, 9.17) is 4.74 Å². The van der Waals surface area contributed by atoms with E-state index in [1.54, 1.807) is 30.3 Å². The second kappa shape index (κ2) is 8.44. The number of halogens is 3. The summed E-state index contributed by atoms with van der Waals surface area (Å²) in [4.78, 5) is 12.0. The van der Waals surface area contributed by atoms with Gasteiger partial charge in [-0.1, -0.05) is 34.1 Å². The first-order valence-electron chi connectivity index (χ1n) is 6.86. The summed E-state index contributed by atoms with van der Waals surface area (Å²) < 4.78 is 35.4. The van der Waals surface area contributed by atoms with Gasteiger partial charge in [0.15, 0.2) is 11.5 Å². The number of carbonyl (C=O) groups is 1. The van der Waals surface area contributed by atoms with Gasteiger partial charge in [-0.05, 0) is 30.3 Å². The maximum atomic E-state index is 12.6. The summed E-state index contributed by atoms with van der Waals surface area (Å²) in [6, 6.07) is 11.7. The average molecular weight is 398 g/mol. The zero-order valence-electron chi connectivity index (χ0n) is 12.6. The highest BCUT2D eigenvalue weighted by Crippen LogP contribution is 2.33. The number of alkyl halides is 2. The van der Waals surface area contributed by atoms with E-state index >= 15 is 0 Å². The lowest BCUT2D eigenvalue weighted by molar-refractivity contribution is -0.111. The smallest absolute Gasteiger partial charge is 0.387 e. The summed E-state index contributed by atoms with van der Waals surface area (Å²) in [5, 5.41) is 2.67. The van der Waals surface area contributed by atoms with Gasteiger partial charge in [-0.2, -0.15) is 8.78 Å². The first kappa shape index (κ1) is 17.9. The predicted molar refractivity (Wildman–Crippen MR) is 91.4 cm³/mol. The van der Waals surface area contributed by atoms with Crippen LogP contribution in [0.25, 0.3) is 6.08 Å². The van der Waals surface area contributed by atoms with E-state index in [1.807, 2.05) is 6.07 Å². The molecule has 2 rings (SSSR count). The molecule has 0 aliphatic rings. The van der Waals surface area contributed by atoms with Crippen LogP contribution in [0.1, 0.15) is 5.56 Å². The van der Waals surface area contributed by atoms with E-state index in [9.17, 15) is 13.6 Å². The van der Waals surface area contributed by atoms with Crippen molar-refractivity contribution in [2.45, 2.75) is 6.61 Å². The lowest BCUT2D eigenvalue weighted by Gasteiger charge is -2.12. The molecule has 7 heteroatoms. The number of amides is 1. The van der Waals surface area contributed by atoms with Crippen molar-refractivity contribution in [2.24, 2.45) is 0 Å². The molecule has 0 atom stereocenters. The van der Waals surface area contributed by atoms with Gasteiger partial charge in [0.1, 0.15) is 0 Å². The van der Waals surface area contributed by atoms with Crippen molar-refractivity contribution in [1.29, 1.82) is 0 Å². The molecule has 2 aromatic carbocycles. The Balaban J connectivity index is 2.17. The zero-order valence-corrected chi connectivity index (χ0v) is 14.2. The number of nitrogens with one attached hydrogen (secondary N) is 1. The summed E-state index contributed by atoms with van der Waals surface area (Å²) in [5.41, 5.74) is 0.910. The van der Waals surface area contributed by atoms with Crippen molar-refractivity contribution < 1.29 is 23.0 Å². The predicted octanol–water partition coefficient (Wildman–Crippen LogP) is 4.71. The first-order chi connectivity index (χ1) is 11.5. The molecule has 1 amide bonds. The van der Waals surface area contributed by atoms with Gasteiger partial charge < -0.3 is 14.8 Å². The molecule has 4 nitrogen and oxygen atoms in total. The van der Waals surface area contributed by atoms with E-state index < -0.39 is 12.5 Å². The van der Waals surface area contributed by atoms with Crippen molar-refractivity contribution in [3.05, 3.63) is 58.6 Å². The molecule has 0 aliphatic heterocycles. The van der Waals surface area contributed by atoms with Crippen LogP contribution >= 0.6 is 15.9 Å². The number of methoxy groups -OCH3 is 1. The van der Waals surface area contributed by atoms with Crippen LogP contribution < -0.4 is 14.8 Å². The summed E-state index contributed by atoms with van der Waals surface area (Å²) in [7, 11) is 1.35. The van der Waals surface area contributed by atoms with Gasteiger partial charge in [0, 0.05) is 21.8 Å². The van der Waals surface area contributed by atoms with Crippen molar-refractivity contribution in [3.8, 4) is 11.5 Å². The van der Waals surface area contributed by atoms with E-state index in [2.05, 4.69) is 26.0 Å². The van der Waals surface area contributed by atoms with Crippen molar-refractivity contribution in [3.63, 3.8) is 0 Å². The summed E-state index contributed by atoms with van der Waals surface area (Å²) in [6.45, 7) is -3.00. The molecule has 0 aromatic heterocycles. The quantitative estimate of drug-likeness (QED) is 0.717. The van der Waals surface area contributed by atoms with Gasteiger partial charge in [0.25, 0.3) is 0 Å². The van der Waals surface area contributed by atoms with E-state index in [-0.39, 0.29) is 11.5 Å². The van der Waals surface area contributed by atoms with Gasteiger partial charge in [-0.25, -0.2) is 0 Å². The van der Waals surface area contributed by atoms with Gasteiger partial charge in [-0.15, -0.1) is 0 Å². The second-order valence-corrected chi connectivity index (χ2v) is 5.51. The van der Waals surface area contributed by atoms with Crippen LogP contribution in [-0.4, -0.2) is 19.6 Å². The number of hydrogen-bond acceptors (Lipinski definition) is 3. The summed E-state index contributed by atoms with van der Waals surface area (Å²) >= 11 is 3.31. The molecule has 1 N–H and O–H groups in total. The SMILES string of the molecule is COc1cccc(/C=C/C(=O)Nc2cccc(Br)c2)c1OC(F)F. The average Bonchev–Trinajstić information content (AvgIpc) is 2.53. The lowest BCUT2D eigenvalue weighted by Crippen LogP contribution is -2.08. The Hall–Kier alpha value is -2.41. The number of rotatable bonds is 6. The molecule has 0 fully saturated rings. The number of ether oxygens (including phenoxy) is 2. The third kappa shape index (κ3) is 5.06. The Kier molecular flexibility index (Phi) is 6.31. The Bertz CT molecular complexity index is 750. The van der Waals surface area contributed by atoms with Crippen molar-refractivity contribution in [2.75, 3.05) is 12.4 Å². The minimum atomic E-state index is -3.00. The van der Waals surface area contributed by atoms with Gasteiger partial charge in [-0.3, -0.25) is 4.79 Å². The van der Waals surface area contributed by atoms with Crippen molar-refractivity contribution in [1.82, 2.24) is 0 Å². The fourth-order valence-electron chi connectivity index (χ4n) is 1.96. The second-order valence-electron chi connectivity index (χ2n) is 4.59. The molecule has 0 unspecified atom stereocenters. The number of benzene rings is 2. The summed E-state index contributed by atoms with van der Waals surface area (Å²) in [5.74, 6) is -0.370. The van der Waals surface area contributed by atoms with Crippen LogP contribution in [0.15, 0.2) is 53.0 Å². The number of anilines is 1. The minimum Gasteiger partial charge on any atom is -0.493 e. The Morgan fingerprint density at radius 1 is 1.25 bits per heavy atom. The maximum Gasteiger partial charge on any atom is 0.387 e. The minimum absolute atomic E-state index is 0.124. The van der Waals surface area contributed by atoms with Crippen LogP contribution in [0.4, 0.5) is 14.5 Å². The third-order valence-corrected chi connectivity index (χ3v) is 3.44. The molecule has 0 heterocycles. The molecule has 0 bridgehead atoms. The normalized spacial score (nSPS) is 10.9. The number of para-hydroxylation sites is 1. The summed E-state index contributed by atoms with van der Waals surface area (Å²) in [6.07, 6.45) is 2.61. The molecule has 24 heavy (non-hydrogen) atoms. The molecule has 0 radical (unpaired) electrons. The Morgan fingerprint density at radius 3 is 2.67 bits per heavy atom. The molecular formula is C17H14BrF2NO3. The van der Waals surface area contributed by atoms with Gasteiger partial charge >= 0.3 is 6.61 Å². The molecule has 2 aromatic rings.